The van der Waals surface area contributed by atoms with Crippen LogP contribution in [0.2, 0.25) is 0 Å². The lowest BCUT2D eigenvalue weighted by Gasteiger charge is -2.33. The summed E-state index contributed by atoms with van der Waals surface area (Å²) in [5, 5.41) is 13.1. The highest BCUT2D eigenvalue weighted by molar-refractivity contribution is 9.10. The Kier molecular flexibility index (Phi) is 8.24. The Balaban J connectivity index is 0.00000162. The lowest BCUT2D eigenvalue weighted by atomic mass is 10.0. The van der Waals surface area contributed by atoms with Crippen molar-refractivity contribution in [2.24, 2.45) is 0 Å². The molecule has 1 fully saturated rings. The second kappa shape index (κ2) is 8.27. The molecule has 0 aliphatic carbocycles. The first-order chi connectivity index (χ1) is 8.11. The number of aromatic hydroxyl groups is 1. The van der Waals surface area contributed by atoms with Gasteiger partial charge < -0.3 is 10.4 Å². The summed E-state index contributed by atoms with van der Waals surface area (Å²) in [6.07, 6.45) is 0. The van der Waals surface area contributed by atoms with E-state index in [0.717, 1.165) is 26.2 Å². The number of phenolic OH excluding ortho intramolecular Hbond substituents is 1. The van der Waals surface area contributed by atoms with Crippen LogP contribution in [0.15, 0.2) is 16.6 Å². The monoisotopic (exact) mass is 374 g/mol. The fourth-order valence-electron chi connectivity index (χ4n) is 2.16. The summed E-state index contributed by atoms with van der Waals surface area (Å²) in [4.78, 5) is 2.24. The Labute approximate surface area is 133 Å². The minimum absolute atomic E-state index is 0. The summed E-state index contributed by atoms with van der Waals surface area (Å²) < 4.78 is 13.9. The molecule has 0 aromatic heterocycles. The Morgan fingerprint density at radius 3 is 2.47 bits per heavy atom. The molecule has 19 heavy (non-hydrogen) atoms. The van der Waals surface area contributed by atoms with Crippen LogP contribution < -0.4 is 5.32 Å². The Bertz CT molecular complexity index is 417. The lowest BCUT2D eigenvalue weighted by Crippen LogP contribution is -2.44. The van der Waals surface area contributed by atoms with E-state index < -0.39 is 5.82 Å². The van der Waals surface area contributed by atoms with E-state index in [9.17, 15) is 9.50 Å². The normalized spacial score (nSPS) is 17.2. The number of piperazine rings is 1. The van der Waals surface area contributed by atoms with Crippen molar-refractivity contribution in [3.05, 3.63) is 28.0 Å². The molecule has 1 heterocycles. The van der Waals surface area contributed by atoms with Crippen LogP contribution >= 0.6 is 40.7 Å². The first-order valence-electron chi connectivity index (χ1n) is 5.73. The molecule has 2 rings (SSSR count). The van der Waals surface area contributed by atoms with Crippen molar-refractivity contribution in [3.63, 3.8) is 0 Å². The van der Waals surface area contributed by atoms with Crippen LogP contribution in [0, 0.1) is 5.82 Å². The molecule has 110 valence electrons. The fourth-order valence-corrected chi connectivity index (χ4v) is 2.48. The summed E-state index contributed by atoms with van der Waals surface area (Å²) >= 11 is 3.07. The number of benzene rings is 1. The first kappa shape index (κ1) is 18.9. The molecule has 0 radical (unpaired) electrons. The minimum Gasteiger partial charge on any atom is -0.505 e. The molecule has 1 saturated heterocycles. The smallest absolute Gasteiger partial charge is 0.179 e. The van der Waals surface area contributed by atoms with Gasteiger partial charge in [-0.1, -0.05) is 6.07 Å². The molecule has 1 atom stereocenters. The Morgan fingerprint density at radius 2 is 1.89 bits per heavy atom. The van der Waals surface area contributed by atoms with Crippen LogP contribution in [0.25, 0.3) is 0 Å². The maximum Gasteiger partial charge on any atom is 0.179 e. The highest BCUT2D eigenvalue weighted by Gasteiger charge is 2.22. The van der Waals surface area contributed by atoms with E-state index in [1.54, 1.807) is 12.1 Å². The van der Waals surface area contributed by atoms with Crippen LogP contribution in [-0.4, -0.2) is 36.2 Å². The molecule has 0 amide bonds. The second-order valence-electron chi connectivity index (χ2n) is 4.26. The molecule has 1 aromatic carbocycles. The van der Waals surface area contributed by atoms with Gasteiger partial charge in [-0.2, -0.15) is 0 Å². The van der Waals surface area contributed by atoms with E-state index in [0.29, 0.717) is 10.0 Å². The van der Waals surface area contributed by atoms with E-state index in [1.165, 1.54) is 0 Å². The van der Waals surface area contributed by atoms with Gasteiger partial charge in [0.25, 0.3) is 0 Å². The third-order valence-corrected chi connectivity index (χ3v) is 3.86. The summed E-state index contributed by atoms with van der Waals surface area (Å²) in [5.41, 5.74) is 0.646. The molecule has 1 aromatic rings. The molecule has 1 aliphatic heterocycles. The average molecular weight is 376 g/mol. The van der Waals surface area contributed by atoms with Gasteiger partial charge >= 0.3 is 0 Å². The van der Waals surface area contributed by atoms with Gasteiger partial charge in [-0.25, -0.2) is 4.39 Å². The SMILES string of the molecule is C[C@@H](c1ccc(Br)c(F)c1O)N1CCNCC1.Cl.Cl. The van der Waals surface area contributed by atoms with Crippen LogP contribution in [0.3, 0.4) is 0 Å². The van der Waals surface area contributed by atoms with Crippen LogP contribution in [0.4, 0.5) is 4.39 Å². The highest BCUT2D eigenvalue weighted by Crippen LogP contribution is 2.34. The van der Waals surface area contributed by atoms with E-state index in [2.05, 4.69) is 26.1 Å². The molecular weight excluding hydrogens is 358 g/mol. The zero-order valence-electron chi connectivity index (χ0n) is 10.5. The Hall–Kier alpha value is -0.0700. The number of hydrogen-bond donors (Lipinski definition) is 2. The summed E-state index contributed by atoms with van der Waals surface area (Å²) in [6.45, 7) is 5.69. The zero-order chi connectivity index (χ0) is 12.4. The van der Waals surface area contributed by atoms with Gasteiger partial charge in [-0.05, 0) is 28.9 Å². The number of halogens is 4. The predicted molar refractivity (Wildman–Crippen MR) is 83.1 cm³/mol. The van der Waals surface area contributed by atoms with Crippen molar-refractivity contribution in [1.29, 1.82) is 0 Å². The second-order valence-corrected chi connectivity index (χ2v) is 5.12. The van der Waals surface area contributed by atoms with Crippen LogP contribution in [0.5, 0.6) is 5.75 Å². The molecule has 2 N–H and O–H groups in total. The van der Waals surface area contributed by atoms with Crippen LogP contribution in [0.1, 0.15) is 18.5 Å². The number of phenols is 1. The zero-order valence-corrected chi connectivity index (χ0v) is 13.7. The van der Waals surface area contributed by atoms with Crippen molar-refractivity contribution < 1.29 is 9.50 Å². The van der Waals surface area contributed by atoms with E-state index in [4.69, 9.17) is 0 Å². The first-order valence-corrected chi connectivity index (χ1v) is 6.52. The maximum absolute atomic E-state index is 13.6. The van der Waals surface area contributed by atoms with Crippen molar-refractivity contribution in [3.8, 4) is 5.75 Å². The molecule has 0 saturated carbocycles. The van der Waals surface area contributed by atoms with Crippen molar-refractivity contribution in [2.45, 2.75) is 13.0 Å². The highest BCUT2D eigenvalue weighted by atomic mass is 79.9. The quantitative estimate of drug-likeness (QED) is 0.833. The molecule has 0 unspecified atom stereocenters. The predicted octanol–water partition coefficient (Wildman–Crippen LogP) is 3.10. The number of nitrogens with zero attached hydrogens (tertiary/aromatic N) is 1. The standard InChI is InChI=1S/C12H16BrFN2O.2ClH/c1-8(16-6-4-15-5-7-16)9-2-3-10(13)11(14)12(9)17;;/h2-3,8,15,17H,4-7H2,1H3;2*1H/t8-;;/m0../s1. The van der Waals surface area contributed by atoms with Crippen molar-refractivity contribution >= 4 is 40.7 Å². The summed E-state index contributed by atoms with van der Waals surface area (Å²) in [6, 6.07) is 3.44. The lowest BCUT2D eigenvalue weighted by molar-refractivity contribution is 0.182. The molecule has 0 spiro atoms. The third-order valence-electron chi connectivity index (χ3n) is 3.25. The summed E-state index contributed by atoms with van der Waals surface area (Å²) in [5.74, 6) is -0.824. The maximum atomic E-state index is 13.6. The van der Waals surface area contributed by atoms with Gasteiger partial charge in [0, 0.05) is 37.8 Å². The van der Waals surface area contributed by atoms with E-state index >= 15 is 0 Å². The summed E-state index contributed by atoms with van der Waals surface area (Å²) in [7, 11) is 0. The number of nitrogens with one attached hydrogen (secondary N) is 1. The van der Waals surface area contributed by atoms with Gasteiger partial charge in [0.05, 0.1) is 4.47 Å². The van der Waals surface area contributed by atoms with E-state index in [1.807, 2.05) is 6.92 Å². The molecule has 3 nitrogen and oxygen atoms in total. The van der Waals surface area contributed by atoms with Gasteiger partial charge in [0.2, 0.25) is 0 Å². The van der Waals surface area contributed by atoms with E-state index in [-0.39, 0.29) is 36.6 Å². The fraction of sp³-hybridized carbons (Fsp3) is 0.500. The van der Waals surface area contributed by atoms with Crippen LogP contribution in [-0.2, 0) is 0 Å². The molecular formula is C12H18BrCl2FN2O. The van der Waals surface area contributed by atoms with Gasteiger partial charge in [-0.3, -0.25) is 4.90 Å². The average Bonchev–Trinajstić information content (AvgIpc) is 2.36. The van der Waals surface area contributed by atoms with Crippen molar-refractivity contribution in [2.75, 3.05) is 26.2 Å². The van der Waals surface area contributed by atoms with Gasteiger partial charge in [0.15, 0.2) is 11.6 Å². The van der Waals surface area contributed by atoms with Gasteiger partial charge in [0.1, 0.15) is 0 Å². The van der Waals surface area contributed by atoms with Gasteiger partial charge in [-0.15, -0.1) is 24.8 Å². The number of hydrogen-bond acceptors (Lipinski definition) is 3. The topological polar surface area (TPSA) is 35.5 Å². The number of rotatable bonds is 2. The van der Waals surface area contributed by atoms with Crippen molar-refractivity contribution in [1.82, 2.24) is 10.2 Å². The minimum atomic E-state index is -0.579. The third kappa shape index (κ3) is 4.20. The molecule has 1 aliphatic rings. The molecule has 7 heteroatoms. The largest absolute Gasteiger partial charge is 0.505 e. The Morgan fingerprint density at radius 1 is 1.32 bits per heavy atom. The molecule has 0 bridgehead atoms.